The van der Waals surface area contributed by atoms with E-state index in [9.17, 15) is 9.90 Å². The molecule has 2 nitrogen and oxygen atoms in total. The van der Waals surface area contributed by atoms with Gasteiger partial charge in [-0.25, -0.2) is 4.79 Å². The number of aromatic carboxylic acids is 1. The van der Waals surface area contributed by atoms with E-state index in [0.29, 0.717) is 4.88 Å². The van der Waals surface area contributed by atoms with Crippen LogP contribution in [0.2, 0.25) is 0 Å². The summed E-state index contributed by atoms with van der Waals surface area (Å²) in [5.74, 6) is -0.581. The van der Waals surface area contributed by atoms with Crippen molar-refractivity contribution in [1.82, 2.24) is 0 Å². The van der Waals surface area contributed by atoms with Crippen molar-refractivity contribution in [2.24, 2.45) is 0 Å². The zero-order valence-electron chi connectivity index (χ0n) is 10.5. The predicted molar refractivity (Wildman–Crippen MR) is 72.3 cm³/mol. The highest BCUT2D eigenvalue weighted by atomic mass is 32.1. The van der Waals surface area contributed by atoms with E-state index < -0.39 is 5.97 Å². The summed E-state index contributed by atoms with van der Waals surface area (Å²) in [5.41, 5.74) is 3.33. The van der Waals surface area contributed by atoms with Crippen LogP contribution in [0, 0.1) is 13.8 Å². The van der Waals surface area contributed by atoms with E-state index in [1.807, 2.05) is 20.8 Å². The summed E-state index contributed by atoms with van der Waals surface area (Å²) < 4.78 is 1.11. The first-order valence-electron chi connectivity index (χ1n) is 5.68. The first-order chi connectivity index (χ1) is 7.91. The molecule has 1 N–H and O–H groups in total. The Morgan fingerprint density at radius 3 is 2.47 bits per heavy atom. The van der Waals surface area contributed by atoms with Gasteiger partial charge in [0.15, 0.2) is 0 Å². The van der Waals surface area contributed by atoms with Crippen LogP contribution in [0.3, 0.4) is 0 Å². The highest BCUT2D eigenvalue weighted by molar-refractivity contribution is 7.21. The standard InChI is InChI=1S/C14H16O2S/c1-7(2)11-10-6-8(3)5-9(4)12(10)17-13(11)14(15)16/h5-7H,1-4H3,(H,15,16). The molecule has 0 unspecified atom stereocenters. The Kier molecular flexibility index (Phi) is 2.96. The maximum atomic E-state index is 11.3. The molecule has 2 rings (SSSR count). The minimum Gasteiger partial charge on any atom is -0.477 e. The highest BCUT2D eigenvalue weighted by Crippen LogP contribution is 2.38. The van der Waals surface area contributed by atoms with Gasteiger partial charge in [-0.05, 0) is 36.3 Å². The van der Waals surface area contributed by atoms with Gasteiger partial charge in [-0.1, -0.05) is 31.5 Å². The third-order valence-corrected chi connectivity index (χ3v) is 4.27. The van der Waals surface area contributed by atoms with Crippen LogP contribution in [0.1, 0.15) is 46.1 Å². The van der Waals surface area contributed by atoms with E-state index in [4.69, 9.17) is 0 Å². The van der Waals surface area contributed by atoms with Gasteiger partial charge in [0.1, 0.15) is 4.88 Å². The van der Waals surface area contributed by atoms with E-state index in [1.54, 1.807) is 0 Å². The lowest BCUT2D eigenvalue weighted by Gasteiger charge is -2.06. The molecule has 0 aliphatic carbocycles. The van der Waals surface area contributed by atoms with Crippen LogP contribution < -0.4 is 0 Å². The van der Waals surface area contributed by atoms with E-state index >= 15 is 0 Å². The second-order valence-corrected chi connectivity index (χ2v) is 5.78. The van der Waals surface area contributed by atoms with Crippen LogP contribution in [0.15, 0.2) is 12.1 Å². The highest BCUT2D eigenvalue weighted by Gasteiger charge is 2.20. The lowest BCUT2D eigenvalue weighted by Crippen LogP contribution is -1.99. The molecule has 0 saturated heterocycles. The number of fused-ring (bicyclic) bond motifs is 1. The number of hydrogen-bond acceptors (Lipinski definition) is 2. The number of carboxylic acid groups (broad SMARTS) is 1. The third kappa shape index (κ3) is 1.95. The van der Waals surface area contributed by atoms with Crippen LogP contribution in [-0.4, -0.2) is 11.1 Å². The molecule has 1 aromatic carbocycles. The number of aryl methyl sites for hydroxylation is 2. The third-order valence-electron chi connectivity index (χ3n) is 2.93. The molecule has 2 aromatic rings. The molecule has 0 atom stereocenters. The number of benzene rings is 1. The summed E-state index contributed by atoms with van der Waals surface area (Å²) in [6.07, 6.45) is 0. The maximum Gasteiger partial charge on any atom is 0.346 e. The van der Waals surface area contributed by atoms with Crippen molar-refractivity contribution < 1.29 is 9.90 Å². The normalized spacial score (nSPS) is 11.4. The Bertz CT molecular complexity index is 594. The topological polar surface area (TPSA) is 37.3 Å². The molecular weight excluding hydrogens is 232 g/mol. The molecule has 0 bridgehead atoms. The summed E-state index contributed by atoms with van der Waals surface area (Å²) in [5, 5.41) is 10.4. The number of thiophene rings is 1. The maximum absolute atomic E-state index is 11.3. The quantitative estimate of drug-likeness (QED) is 0.858. The van der Waals surface area contributed by atoms with Crippen molar-refractivity contribution in [2.75, 3.05) is 0 Å². The van der Waals surface area contributed by atoms with Gasteiger partial charge in [-0.3, -0.25) is 0 Å². The Balaban J connectivity index is 2.90. The molecule has 0 saturated carbocycles. The Morgan fingerprint density at radius 1 is 1.29 bits per heavy atom. The zero-order valence-corrected chi connectivity index (χ0v) is 11.3. The van der Waals surface area contributed by atoms with Gasteiger partial charge >= 0.3 is 5.97 Å². The molecule has 0 aliphatic rings. The SMILES string of the molecule is Cc1cc(C)c2sc(C(=O)O)c(C(C)C)c2c1. The molecule has 3 heteroatoms. The average molecular weight is 248 g/mol. The molecule has 0 fully saturated rings. The van der Waals surface area contributed by atoms with Crippen molar-refractivity contribution in [1.29, 1.82) is 0 Å². The Morgan fingerprint density at radius 2 is 1.94 bits per heavy atom. The van der Waals surface area contributed by atoms with Gasteiger partial charge < -0.3 is 5.11 Å². The summed E-state index contributed by atoms with van der Waals surface area (Å²) in [7, 11) is 0. The minimum atomic E-state index is -0.813. The largest absolute Gasteiger partial charge is 0.477 e. The van der Waals surface area contributed by atoms with Gasteiger partial charge in [0.2, 0.25) is 0 Å². The van der Waals surface area contributed by atoms with E-state index in [-0.39, 0.29) is 5.92 Å². The molecule has 1 heterocycles. The van der Waals surface area contributed by atoms with Crippen LogP contribution in [0.5, 0.6) is 0 Å². The van der Waals surface area contributed by atoms with Crippen LogP contribution >= 0.6 is 11.3 Å². The van der Waals surface area contributed by atoms with E-state index in [1.165, 1.54) is 22.5 Å². The smallest absolute Gasteiger partial charge is 0.346 e. The molecule has 17 heavy (non-hydrogen) atoms. The minimum absolute atomic E-state index is 0.232. The van der Waals surface area contributed by atoms with Crippen molar-refractivity contribution in [3.8, 4) is 0 Å². The molecule has 0 spiro atoms. The van der Waals surface area contributed by atoms with E-state index in [0.717, 1.165) is 15.6 Å². The van der Waals surface area contributed by atoms with Crippen molar-refractivity contribution in [2.45, 2.75) is 33.6 Å². The summed E-state index contributed by atoms with van der Waals surface area (Å²) in [6.45, 7) is 8.19. The fraction of sp³-hybridized carbons (Fsp3) is 0.357. The summed E-state index contributed by atoms with van der Waals surface area (Å²) in [6, 6.07) is 4.20. The average Bonchev–Trinajstić information content (AvgIpc) is 2.56. The number of rotatable bonds is 2. The fourth-order valence-corrected chi connectivity index (χ4v) is 3.55. The second kappa shape index (κ2) is 4.15. The van der Waals surface area contributed by atoms with Crippen LogP contribution in [-0.2, 0) is 0 Å². The van der Waals surface area contributed by atoms with Gasteiger partial charge in [0, 0.05) is 4.70 Å². The molecule has 1 aromatic heterocycles. The van der Waals surface area contributed by atoms with Gasteiger partial charge in [0.05, 0.1) is 0 Å². The van der Waals surface area contributed by atoms with E-state index in [2.05, 4.69) is 19.1 Å². The van der Waals surface area contributed by atoms with Crippen molar-refractivity contribution in [3.63, 3.8) is 0 Å². The predicted octanol–water partition coefficient (Wildman–Crippen LogP) is 4.34. The van der Waals surface area contributed by atoms with Crippen molar-refractivity contribution in [3.05, 3.63) is 33.7 Å². The van der Waals surface area contributed by atoms with Crippen molar-refractivity contribution >= 4 is 27.4 Å². The van der Waals surface area contributed by atoms with Gasteiger partial charge in [-0.2, -0.15) is 0 Å². The van der Waals surface area contributed by atoms with Crippen LogP contribution in [0.25, 0.3) is 10.1 Å². The Labute approximate surface area is 105 Å². The molecule has 0 radical (unpaired) electrons. The monoisotopic (exact) mass is 248 g/mol. The summed E-state index contributed by atoms with van der Waals surface area (Å²) >= 11 is 1.40. The van der Waals surface area contributed by atoms with Crippen LogP contribution in [0.4, 0.5) is 0 Å². The summed E-state index contributed by atoms with van der Waals surface area (Å²) in [4.78, 5) is 11.8. The number of carbonyl (C=O) groups is 1. The zero-order chi connectivity index (χ0) is 12.7. The second-order valence-electron chi connectivity index (χ2n) is 4.76. The molecule has 0 amide bonds. The van der Waals surface area contributed by atoms with Gasteiger partial charge in [-0.15, -0.1) is 11.3 Å². The Hall–Kier alpha value is -1.35. The molecular formula is C14H16O2S. The lowest BCUT2D eigenvalue weighted by atomic mass is 9.97. The molecule has 90 valence electrons. The fourth-order valence-electron chi connectivity index (χ4n) is 2.30. The number of hydrogen-bond donors (Lipinski definition) is 1. The van der Waals surface area contributed by atoms with Gasteiger partial charge in [0.25, 0.3) is 0 Å². The molecule has 0 aliphatic heterocycles. The lowest BCUT2D eigenvalue weighted by molar-refractivity contribution is 0.0701. The number of carboxylic acids is 1. The first kappa shape index (κ1) is 12.1. The first-order valence-corrected chi connectivity index (χ1v) is 6.50.